The van der Waals surface area contributed by atoms with Crippen LogP contribution in [0.25, 0.3) is 0 Å². The first-order chi connectivity index (χ1) is 13.6. The predicted molar refractivity (Wildman–Crippen MR) is 119 cm³/mol. The second-order valence-corrected chi connectivity index (χ2v) is 7.88. The summed E-state index contributed by atoms with van der Waals surface area (Å²) in [6.45, 7) is 0.715. The molecule has 7 nitrogen and oxygen atoms in total. The van der Waals surface area contributed by atoms with Crippen molar-refractivity contribution in [2.45, 2.75) is 17.6 Å². The van der Waals surface area contributed by atoms with Gasteiger partial charge < -0.3 is 10.2 Å². The first kappa shape index (κ1) is 26.1. The van der Waals surface area contributed by atoms with E-state index in [4.69, 9.17) is 0 Å². The summed E-state index contributed by atoms with van der Waals surface area (Å²) >= 11 is 0. The number of aliphatic imine (C=N–C) groups is 1. The molecule has 0 amide bonds. The van der Waals surface area contributed by atoms with Gasteiger partial charge in [-0.3, -0.25) is 9.98 Å². The number of guanidine groups is 1. The maximum absolute atomic E-state index is 12.6. The van der Waals surface area contributed by atoms with Crippen LogP contribution in [-0.2, 0) is 22.7 Å². The van der Waals surface area contributed by atoms with Gasteiger partial charge in [-0.25, -0.2) is 13.1 Å². The molecule has 0 aliphatic rings. The molecule has 0 spiro atoms. The highest BCUT2D eigenvalue weighted by Crippen LogP contribution is 2.29. The lowest BCUT2D eigenvalue weighted by molar-refractivity contribution is -0.137. The van der Waals surface area contributed by atoms with E-state index in [9.17, 15) is 21.6 Å². The normalized spacial score (nSPS) is 12.2. The van der Waals surface area contributed by atoms with Crippen LogP contribution >= 0.6 is 24.0 Å². The maximum Gasteiger partial charge on any atom is 0.416 e. The molecule has 0 radical (unpaired) electrons. The van der Waals surface area contributed by atoms with Crippen molar-refractivity contribution in [2.24, 2.45) is 4.99 Å². The number of nitrogens with zero attached hydrogens (tertiary/aromatic N) is 3. The van der Waals surface area contributed by atoms with Crippen molar-refractivity contribution < 1.29 is 21.6 Å². The molecule has 1 aromatic heterocycles. The molecular formula is C18H23F3IN5O2S. The largest absolute Gasteiger partial charge is 0.416 e. The number of benzene rings is 1. The number of rotatable bonds is 7. The Balaban J connectivity index is 0.00000450. The molecule has 0 saturated heterocycles. The Bertz CT molecular complexity index is 923. The van der Waals surface area contributed by atoms with Gasteiger partial charge in [0.25, 0.3) is 0 Å². The molecule has 166 valence electrons. The number of halogens is 4. The van der Waals surface area contributed by atoms with Crippen LogP contribution in [0.15, 0.2) is 58.7 Å². The molecule has 1 aromatic carbocycles. The highest BCUT2D eigenvalue weighted by molar-refractivity contribution is 14.0. The summed E-state index contributed by atoms with van der Waals surface area (Å²) in [6, 6.07) is 7.87. The number of pyridine rings is 1. The van der Waals surface area contributed by atoms with E-state index < -0.39 is 21.8 Å². The Labute approximate surface area is 190 Å². The maximum atomic E-state index is 12.6. The number of sulfonamides is 1. The molecule has 0 atom stereocenters. The second-order valence-electron chi connectivity index (χ2n) is 6.11. The van der Waals surface area contributed by atoms with Gasteiger partial charge in [-0.15, -0.1) is 24.0 Å². The molecule has 0 aliphatic carbocycles. The molecular weight excluding hydrogens is 534 g/mol. The van der Waals surface area contributed by atoms with Crippen molar-refractivity contribution >= 4 is 40.0 Å². The van der Waals surface area contributed by atoms with Gasteiger partial charge in [0.2, 0.25) is 10.0 Å². The Morgan fingerprint density at radius 3 is 2.37 bits per heavy atom. The molecule has 1 heterocycles. The lowest BCUT2D eigenvalue weighted by atomic mass is 10.1. The predicted octanol–water partition coefficient (Wildman–Crippen LogP) is 2.70. The number of alkyl halides is 3. The van der Waals surface area contributed by atoms with Crippen LogP contribution in [0, 0.1) is 0 Å². The van der Waals surface area contributed by atoms with Crippen LogP contribution in [0.4, 0.5) is 13.2 Å². The summed E-state index contributed by atoms with van der Waals surface area (Å²) in [5.41, 5.74) is -0.0203. The molecule has 2 N–H and O–H groups in total. The number of hydrogen-bond donors (Lipinski definition) is 2. The lowest BCUT2D eigenvalue weighted by Crippen LogP contribution is -2.42. The fraction of sp³-hybridized carbons (Fsp3) is 0.333. The Morgan fingerprint density at radius 1 is 1.17 bits per heavy atom. The Hall–Kier alpha value is -1.93. The van der Waals surface area contributed by atoms with E-state index in [1.54, 1.807) is 19.0 Å². The zero-order chi connectivity index (χ0) is 21.5. The van der Waals surface area contributed by atoms with Gasteiger partial charge in [0.15, 0.2) is 5.96 Å². The average molecular weight is 557 g/mol. The number of hydrogen-bond acceptors (Lipinski definition) is 4. The van der Waals surface area contributed by atoms with Gasteiger partial charge in [0.05, 0.1) is 5.56 Å². The fourth-order valence-electron chi connectivity index (χ4n) is 2.48. The third kappa shape index (κ3) is 7.72. The molecule has 2 aromatic rings. The minimum atomic E-state index is -4.37. The second kappa shape index (κ2) is 11.5. The van der Waals surface area contributed by atoms with Crippen LogP contribution in [0.3, 0.4) is 0 Å². The SMILES string of the molecule is CN=C(NCCNS(=O)(=O)c1cccnc1)N(C)Cc1ccc(C(F)(F)F)cc1.I. The molecule has 0 bridgehead atoms. The van der Waals surface area contributed by atoms with Gasteiger partial charge in [-0.1, -0.05) is 12.1 Å². The highest BCUT2D eigenvalue weighted by atomic mass is 127. The van der Waals surface area contributed by atoms with Crippen LogP contribution < -0.4 is 10.0 Å². The van der Waals surface area contributed by atoms with Crippen molar-refractivity contribution in [3.8, 4) is 0 Å². The van der Waals surface area contributed by atoms with Crippen LogP contribution in [0.1, 0.15) is 11.1 Å². The summed E-state index contributed by atoms with van der Waals surface area (Å²) in [7, 11) is -0.358. The standard InChI is InChI=1S/C18H22F3N5O2S.HI/c1-22-17(24-10-11-25-29(27,28)16-4-3-9-23-12-16)26(2)13-14-5-7-15(8-6-14)18(19,20)21;/h3-9,12,25H,10-11,13H2,1-2H3,(H,22,24);1H. The third-order valence-corrected chi connectivity index (χ3v) is 5.37. The zero-order valence-corrected chi connectivity index (χ0v) is 19.5. The van der Waals surface area contributed by atoms with E-state index in [0.29, 0.717) is 18.1 Å². The molecule has 12 heteroatoms. The van der Waals surface area contributed by atoms with E-state index in [-0.39, 0.29) is 42.0 Å². The van der Waals surface area contributed by atoms with Crippen molar-refractivity contribution in [3.05, 3.63) is 59.9 Å². The molecule has 0 unspecified atom stereocenters. The first-order valence-corrected chi connectivity index (χ1v) is 10.1. The topological polar surface area (TPSA) is 86.7 Å². The Morgan fingerprint density at radius 2 is 1.83 bits per heavy atom. The van der Waals surface area contributed by atoms with Crippen molar-refractivity contribution in [1.82, 2.24) is 19.9 Å². The van der Waals surface area contributed by atoms with Gasteiger partial charge >= 0.3 is 6.18 Å². The van der Waals surface area contributed by atoms with Crippen molar-refractivity contribution in [1.29, 1.82) is 0 Å². The van der Waals surface area contributed by atoms with Crippen molar-refractivity contribution in [3.63, 3.8) is 0 Å². The summed E-state index contributed by atoms with van der Waals surface area (Å²) in [5.74, 6) is 0.477. The first-order valence-electron chi connectivity index (χ1n) is 8.61. The third-order valence-electron chi connectivity index (χ3n) is 3.92. The van der Waals surface area contributed by atoms with E-state index in [1.165, 1.54) is 36.7 Å². The number of nitrogens with one attached hydrogen (secondary N) is 2. The van der Waals surface area contributed by atoms with E-state index in [0.717, 1.165) is 12.1 Å². The molecule has 0 saturated carbocycles. The van der Waals surface area contributed by atoms with Crippen LogP contribution in [0.2, 0.25) is 0 Å². The minimum absolute atomic E-state index is 0. The molecule has 0 aliphatic heterocycles. The molecule has 0 fully saturated rings. The minimum Gasteiger partial charge on any atom is -0.355 e. The van der Waals surface area contributed by atoms with E-state index in [1.807, 2.05) is 0 Å². The van der Waals surface area contributed by atoms with Gasteiger partial charge in [0, 0.05) is 46.1 Å². The fourth-order valence-corrected chi connectivity index (χ4v) is 3.48. The van der Waals surface area contributed by atoms with E-state index in [2.05, 4.69) is 20.0 Å². The van der Waals surface area contributed by atoms with Crippen LogP contribution in [0.5, 0.6) is 0 Å². The monoisotopic (exact) mass is 557 g/mol. The summed E-state index contributed by atoms with van der Waals surface area (Å²) in [4.78, 5) is 9.67. The van der Waals surface area contributed by atoms with Gasteiger partial charge in [-0.05, 0) is 29.8 Å². The van der Waals surface area contributed by atoms with E-state index >= 15 is 0 Å². The number of aromatic nitrogens is 1. The quantitative estimate of drug-likeness (QED) is 0.237. The average Bonchev–Trinajstić information content (AvgIpc) is 2.68. The van der Waals surface area contributed by atoms with Crippen LogP contribution in [-0.4, -0.2) is 51.4 Å². The summed E-state index contributed by atoms with van der Waals surface area (Å²) in [5, 5.41) is 3.00. The van der Waals surface area contributed by atoms with Crippen molar-refractivity contribution in [2.75, 3.05) is 27.2 Å². The molecule has 2 rings (SSSR count). The Kier molecular flexibility index (Phi) is 9.97. The van der Waals surface area contributed by atoms with Gasteiger partial charge in [0.1, 0.15) is 4.90 Å². The summed E-state index contributed by atoms with van der Waals surface area (Å²) < 4.78 is 64.6. The molecule has 30 heavy (non-hydrogen) atoms. The van der Waals surface area contributed by atoms with Gasteiger partial charge in [-0.2, -0.15) is 13.2 Å². The smallest absolute Gasteiger partial charge is 0.355 e. The summed E-state index contributed by atoms with van der Waals surface area (Å²) in [6.07, 6.45) is -1.63. The zero-order valence-electron chi connectivity index (χ0n) is 16.3. The lowest BCUT2D eigenvalue weighted by Gasteiger charge is -2.22. The highest BCUT2D eigenvalue weighted by Gasteiger charge is 2.29.